The fraction of sp³-hybridized carbons (Fsp3) is 0.308. The highest BCUT2D eigenvalue weighted by molar-refractivity contribution is 6.02. The molecule has 1 aromatic carbocycles. The molecule has 4 heteroatoms. The predicted octanol–water partition coefficient (Wildman–Crippen LogP) is 1.37. The van der Waals surface area contributed by atoms with Crippen molar-refractivity contribution in [2.45, 2.75) is 6.92 Å². The molecule has 0 saturated heterocycles. The molecule has 0 spiro atoms. The smallest absolute Gasteiger partial charge is 0.260 e. The van der Waals surface area contributed by atoms with Crippen LogP contribution in [0.1, 0.15) is 17.3 Å². The first-order chi connectivity index (χ1) is 8.15. The minimum absolute atomic E-state index is 0.208. The van der Waals surface area contributed by atoms with Gasteiger partial charge in [0.05, 0.1) is 13.7 Å². The largest absolute Gasteiger partial charge is 0.496 e. The molecule has 2 N–H and O–H groups in total. The van der Waals surface area contributed by atoms with Crippen molar-refractivity contribution < 1.29 is 9.53 Å². The number of carbonyl (C=O) groups excluding carboxylic acids is 1. The Morgan fingerprint density at radius 3 is 2.82 bits per heavy atom. The molecule has 0 heterocycles. The summed E-state index contributed by atoms with van der Waals surface area (Å²) in [5.41, 5.74) is 6.57. The lowest BCUT2D eigenvalue weighted by atomic mass is 10.1. The Labute approximate surface area is 101 Å². The second-order valence-electron chi connectivity index (χ2n) is 3.45. The van der Waals surface area contributed by atoms with Crippen molar-refractivity contribution in [3.8, 4) is 18.1 Å². The van der Waals surface area contributed by atoms with Crippen molar-refractivity contribution in [2.75, 3.05) is 25.9 Å². The third-order valence-corrected chi connectivity index (χ3v) is 2.44. The highest BCUT2D eigenvalue weighted by atomic mass is 16.5. The van der Waals surface area contributed by atoms with Gasteiger partial charge in [-0.3, -0.25) is 4.79 Å². The number of methoxy groups -OCH3 is 1. The Balaban J connectivity index is 3.15. The zero-order chi connectivity index (χ0) is 12.8. The molecule has 1 amide bonds. The molecule has 0 aliphatic rings. The Kier molecular flexibility index (Phi) is 4.41. The van der Waals surface area contributed by atoms with Crippen LogP contribution in [0, 0.1) is 12.3 Å². The van der Waals surface area contributed by atoms with Crippen molar-refractivity contribution >= 4 is 11.6 Å². The molecule has 1 rings (SSSR count). The van der Waals surface area contributed by atoms with Gasteiger partial charge in [0, 0.05) is 12.2 Å². The fourth-order valence-electron chi connectivity index (χ4n) is 1.54. The minimum Gasteiger partial charge on any atom is -0.496 e. The Hall–Kier alpha value is -2.15. The second-order valence-corrected chi connectivity index (χ2v) is 3.45. The quantitative estimate of drug-likeness (QED) is 0.630. The molecule has 0 aliphatic carbocycles. The first-order valence-corrected chi connectivity index (χ1v) is 5.30. The lowest BCUT2D eigenvalue weighted by Crippen LogP contribution is -2.32. The highest BCUT2D eigenvalue weighted by Gasteiger charge is 2.20. The molecule has 0 aliphatic heterocycles. The Morgan fingerprint density at radius 2 is 2.29 bits per heavy atom. The van der Waals surface area contributed by atoms with Crippen LogP contribution in [-0.4, -0.2) is 31.0 Å². The standard InChI is InChI=1S/C13H16N2O2/c1-4-9-15(5-2)13(16)12-10(14)7-6-8-11(12)17-3/h1,6-8H,5,9,14H2,2-3H3. The van der Waals surface area contributed by atoms with E-state index in [9.17, 15) is 4.79 Å². The van der Waals surface area contributed by atoms with E-state index in [-0.39, 0.29) is 12.5 Å². The van der Waals surface area contributed by atoms with Gasteiger partial charge in [-0.25, -0.2) is 0 Å². The first-order valence-electron chi connectivity index (χ1n) is 5.30. The summed E-state index contributed by atoms with van der Waals surface area (Å²) in [4.78, 5) is 13.8. The van der Waals surface area contributed by atoms with Gasteiger partial charge in [0.1, 0.15) is 11.3 Å². The van der Waals surface area contributed by atoms with Gasteiger partial charge < -0.3 is 15.4 Å². The number of nitrogens with two attached hydrogens (primary N) is 1. The van der Waals surface area contributed by atoms with E-state index in [0.717, 1.165) is 0 Å². The molecule has 0 atom stereocenters. The zero-order valence-electron chi connectivity index (χ0n) is 10.1. The zero-order valence-corrected chi connectivity index (χ0v) is 10.1. The SMILES string of the molecule is C#CCN(CC)C(=O)c1c(N)cccc1OC. The van der Waals surface area contributed by atoms with Crippen LogP contribution in [0.15, 0.2) is 18.2 Å². The number of anilines is 1. The van der Waals surface area contributed by atoms with E-state index < -0.39 is 0 Å². The van der Waals surface area contributed by atoms with E-state index in [1.165, 1.54) is 12.0 Å². The molecule has 1 aromatic rings. The summed E-state index contributed by atoms with van der Waals surface area (Å²) in [5.74, 6) is 2.71. The number of nitrogens with zero attached hydrogens (tertiary/aromatic N) is 1. The average Bonchev–Trinajstić information content (AvgIpc) is 2.34. The maximum atomic E-state index is 12.2. The van der Waals surface area contributed by atoms with Gasteiger partial charge in [0.2, 0.25) is 0 Å². The molecular formula is C13H16N2O2. The van der Waals surface area contributed by atoms with E-state index in [0.29, 0.717) is 23.5 Å². The number of benzene rings is 1. The van der Waals surface area contributed by atoms with Gasteiger partial charge in [-0.2, -0.15) is 0 Å². The summed E-state index contributed by atoms with van der Waals surface area (Å²) in [6.07, 6.45) is 5.22. The third kappa shape index (κ3) is 2.70. The van der Waals surface area contributed by atoms with E-state index in [4.69, 9.17) is 16.9 Å². The molecule has 0 aromatic heterocycles. The van der Waals surface area contributed by atoms with Crippen LogP contribution in [0.2, 0.25) is 0 Å². The number of ether oxygens (including phenoxy) is 1. The maximum absolute atomic E-state index is 12.2. The Morgan fingerprint density at radius 1 is 1.59 bits per heavy atom. The minimum atomic E-state index is -0.208. The van der Waals surface area contributed by atoms with Crippen LogP contribution in [0.3, 0.4) is 0 Å². The van der Waals surface area contributed by atoms with Crippen LogP contribution < -0.4 is 10.5 Å². The lowest BCUT2D eigenvalue weighted by Gasteiger charge is -2.20. The van der Waals surface area contributed by atoms with Crippen molar-refractivity contribution in [3.63, 3.8) is 0 Å². The summed E-state index contributed by atoms with van der Waals surface area (Å²) in [7, 11) is 1.50. The third-order valence-electron chi connectivity index (χ3n) is 2.44. The molecule has 0 unspecified atom stereocenters. The van der Waals surface area contributed by atoms with E-state index >= 15 is 0 Å². The van der Waals surface area contributed by atoms with Crippen LogP contribution in [-0.2, 0) is 0 Å². The fourth-order valence-corrected chi connectivity index (χ4v) is 1.54. The monoisotopic (exact) mass is 232 g/mol. The number of rotatable bonds is 4. The van der Waals surface area contributed by atoms with Crippen LogP contribution in [0.25, 0.3) is 0 Å². The molecule has 0 bridgehead atoms. The molecule has 4 nitrogen and oxygen atoms in total. The summed E-state index contributed by atoms with van der Waals surface area (Å²) >= 11 is 0. The van der Waals surface area contributed by atoms with Gasteiger partial charge in [-0.1, -0.05) is 12.0 Å². The van der Waals surface area contributed by atoms with Crippen molar-refractivity contribution in [1.29, 1.82) is 0 Å². The molecule has 0 saturated carbocycles. The van der Waals surface area contributed by atoms with Crippen molar-refractivity contribution in [1.82, 2.24) is 4.90 Å². The number of nitrogen functional groups attached to an aromatic ring is 1. The van der Waals surface area contributed by atoms with E-state index in [1.807, 2.05) is 6.92 Å². The first kappa shape index (κ1) is 12.9. The maximum Gasteiger partial charge on any atom is 0.260 e. The Bertz CT molecular complexity index is 449. The molecule has 0 radical (unpaired) electrons. The second kappa shape index (κ2) is 5.80. The molecule has 0 fully saturated rings. The van der Waals surface area contributed by atoms with Gasteiger partial charge >= 0.3 is 0 Å². The van der Waals surface area contributed by atoms with Gasteiger partial charge in [0.15, 0.2) is 0 Å². The van der Waals surface area contributed by atoms with Gasteiger partial charge in [0.25, 0.3) is 5.91 Å². The highest BCUT2D eigenvalue weighted by Crippen LogP contribution is 2.25. The number of hydrogen-bond donors (Lipinski definition) is 1. The van der Waals surface area contributed by atoms with Gasteiger partial charge in [-0.05, 0) is 19.1 Å². The number of hydrogen-bond acceptors (Lipinski definition) is 3. The van der Waals surface area contributed by atoms with Crippen LogP contribution >= 0.6 is 0 Å². The topological polar surface area (TPSA) is 55.6 Å². The van der Waals surface area contributed by atoms with Crippen LogP contribution in [0.4, 0.5) is 5.69 Å². The lowest BCUT2D eigenvalue weighted by molar-refractivity contribution is 0.0782. The summed E-state index contributed by atoms with van der Waals surface area (Å²) in [6.45, 7) is 2.65. The number of amides is 1. The predicted molar refractivity (Wildman–Crippen MR) is 67.8 cm³/mol. The van der Waals surface area contributed by atoms with E-state index in [1.54, 1.807) is 18.2 Å². The number of terminal acetylenes is 1. The van der Waals surface area contributed by atoms with Crippen LogP contribution in [0.5, 0.6) is 5.75 Å². The van der Waals surface area contributed by atoms with E-state index in [2.05, 4.69) is 5.92 Å². The molecule has 17 heavy (non-hydrogen) atoms. The average molecular weight is 232 g/mol. The van der Waals surface area contributed by atoms with Crippen molar-refractivity contribution in [3.05, 3.63) is 23.8 Å². The number of carbonyl (C=O) groups is 1. The van der Waals surface area contributed by atoms with Crippen molar-refractivity contribution in [2.24, 2.45) is 0 Å². The summed E-state index contributed by atoms with van der Waals surface area (Å²) in [6, 6.07) is 5.11. The molecular weight excluding hydrogens is 216 g/mol. The normalized spacial score (nSPS) is 9.47. The summed E-state index contributed by atoms with van der Waals surface area (Å²) < 4.78 is 5.14. The van der Waals surface area contributed by atoms with Gasteiger partial charge in [-0.15, -0.1) is 6.42 Å². The summed E-state index contributed by atoms with van der Waals surface area (Å²) in [5, 5.41) is 0. The molecule has 90 valence electrons.